The Bertz CT molecular complexity index is 874. The molecule has 0 radical (unpaired) electrons. The molecule has 1 N–H and O–H groups in total. The first-order chi connectivity index (χ1) is 13.7. The highest BCUT2D eigenvalue weighted by atomic mass is 32.1. The molecule has 1 saturated heterocycles. The molecule has 1 fully saturated rings. The van der Waals surface area contributed by atoms with Gasteiger partial charge in [0.1, 0.15) is 17.0 Å². The number of anilines is 1. The van der Waals surface area contributed by atoms with E-state index in [0.29, 0.717) is 6.54 Å². The van der Waals surface area contributed by atoms with E-state index in [4.69, 9.17) is 0 Å². The molecule has 0 spiro atoms. The lowest BCUT2D eigenvalue weighted by atomic mass is 9.94. The van der Waals surface area contributed by atoms with E-state index in [1.54, 1.807) is 6.33 Å². The van der Waals surface area contributed by atoms with Crippen molar-refractivity contribution in [3.63, 3.8) is 0 Å². The topological polar surface area (TPSA) is 84.4 Å². The molecule has 1 aliphatic heterocycles. The number of hydrogen-bond acceptors (Lipinski definition) is 7. The van der Waals surface area contributed by atoms with Gasteiger partial charge < -0.3 is 15.0 Å². The van der Waals surface area contributed by atoms with Crippen LogP contribution in [0.3, 0.4) is 0 Å². The first-order valence-corrected chi connectivity index (χ1v) is 10.8. The maximum absolute atomic E-state index is 12.4. The Hall–Kier alpha value is -2.22. The average molecular weight is 403 g/mol. The van der Waals surface area contributed by atoms with Crippen LogP contribution >= 0.6 is 11.3 Å². The first-order valence-electron chi connectivity index (χ1n) is 10.0. The summed E-state index contributed by atoms with van der Waals surface area (Å²) >= 11 is 1.82. The van der Waals surface area contributed by atoms with Gasteiger partial charge in [0.15, 0.2) is 0 Å². The van der Waals surface area contributed by atoms with Gasteiger partial charge in [0, 0.05) is 30.4 Å². The first kappa shape index (κ1) is 19.1. The number of rotatable bonds is 5. The molecule has 0 saturated carbocycles. The van der Waals surface area contributed by atoms with Crippen LogP contribution in [0.4, 0.5) is 5.82 Å². The monoisotopic (exact) mass is 402 g/mol. The van der Waals surface area contributed by atoms with Gasteiger partial charge in [-0.1, -0.05) is 0 Å². The zero-order chi connectivity index (χ0) is 19.5. The molecule has 4 rings (SSSR count). The second kappa shape index (κ2) is 8.43. The van der Waals surface area contributed by atoms with Crippen molar-refractivity contribution in [2.24, 2.45) is 5.92 Å². The molecule has 28 heavy (non-hydrogen) atoms. The Kier molecular flexibility index (Phi) is 5.75. The Morgan fingerprint density at radius 3 is 2.82 bits per heavy atom. The Balaban J connectivity index is 1.41. The summed E-state index contributed by atoms with van der Waals surface area (Å²) in [6.07, 6.45) is 8.25. The predicted molar refractivity (Wildman–Crippen MR) is 109 cm³/mol. The zero-order valence-corrected chi connectivity index (χ0v) is 17.0. The van der Waals surface area contributed by atoms with E-state index in [1.165, 1.54) is 35.8 Å². The number of fused-ring (bicyclic) bond motifs is 3. The summed E-state index contributed by atoms with van der Waals surface area (Å²) in [5, 5.41) is 4.10. The lowest BCUT2D eigenvalue weighted by Gasteiger charge is -2.32. The van der Waals surface area contributed by atoms with E-state index >= 15 is 0 Å². The van der Waals surface area contributed by atoms with Crippen LogP contribution in [0.25, 0.3) is 10.2 Å². The van der Waals surface area contributed by atoms with Gasteiger partial charge in [-0.25, -0.2) is 9.97 Å². The molecule has 2 aromatic rings. The van der Waals surface area contributed by atoms with Crippen molar-refractivity contribution in [3.05, 3.63) is 16.8 Å². The highest BCUT2D eigenvalue weighted by Crippen LogP contribution is 2.39. The molecule has 1 amide bonds. The van der Waals surface area contributed by atoms with E-state index in [0.717, 1.165) is 49.4 Å². The minimum atomic E-state index is -0.304. The van der Waals surface area contributed by atoms with Crippen molar-refractivity contribution in [3.8, 4) is 0 Å². The molecule has 3 heterocycles. The minimum Gasteiger partial charge on any atom is -0.469 e. The van der Waals surface area contributed by atoms with Gasteiger partial charge in [-0.3, -0.25) is 9.59 Å². The lowest BCUT2D eigenvalue weighted by molar-refractivity contribution is -0.140. The Morgan fingerprint density at radius 1 is 1.25 bits per heavy atom. The molecule has 0 aromatic carbocycles. The Labute approximate surface area is 168 Å². The van der Waals surface area contributed by atoms with Crippen molar-refractivity contribution >= 4 is 39.2 Å². The fraction of sp³-hybridized carbons (Fsp3) is 0.600. The number of methoxy groups -OCH3 is 1. The normalized spacial score (nSPS) is 17.4. The number of ether oxygens (including phenoxy) is 1. The molecule has 0 unspecified atom stereocenters. The minimum absolute atomic E-state index is 0.0115. The van der Waals surface area contributed by atoms with E-state index in [9.17, 15) is 9.59 Å². The number of nitrogens with one attached hydrogen (secondary N) is 1. The van der Waals surface area contributed by atoms with Crippen molar-refractivity contribution in [1.82, 2.24) is 15.3 Å². The molecular formula is C20H26N4O3S. The van der Waals surface area contributed by atoms with E-state index in [-0.39, 0.29) is 24.2 Å². The van der Waals surface area contributed by atoms with Crippen LogP contribution < -0.4 is 10.2 Å². The van der Waals surface area contributed by atoms with Crippen molar-refractivity contribution in [1.29, 1.82) is 0 Å². The lowest BCUT2D eigenvalue weighted by Crippen LogP contribution is -2.41. The quantitative estimate of drug-likeness (QED) is 0.774. The number of aromatic nitrogens is 2. The van der Waals surface area contributed by atoms with Gasteiger partial charge in [0.2, 0.25) is 5.91 Å². The highest BCUT2D eigenvalue weighted by Gasteiger charge is 2.28. The Morgan fingerprint density at radius 2 is 2.04 bits per heavy atom. The SMILES string of the molecule is COC(=O)CCNC(=O)C1CCN(c2ncnc3sc4c(c23)CCCC4)CC1. The maximum atomic E-state index is 12.4. The number of carbonyl (C=O) groups is 2. The molecule has 8 heteroatoms. The van der Waals surface area contributed by atoms with Crippen molar-refractivity contribution < 1.29 is 14.3 Å². The standard InChI is InChI=1S/C20H26N4O3S/c1-27-16(25)6-9-21-19(26)13-7-10-24(11-8-13)18-17-14-4-2-3-5-15(14)28-20(17)23-12-22-18/h12-13H,2-11H2,1H3,(H,21,26). The number of aryl methyl sites for hydroxylation is 2. The molecule has 0 bridgehead atoms. The average Bonchev–Trinajstić information content (AvgIpc) is 3.12. The van der Waals surface area contributed by atoms with Gasteiger partial charge in [-0.2, -0.15) is 0 Å². The number of carbonyl (C=O) groups excluding carboxylic acids is 2. The van der Waals surface area contributed by atoms with Crippen molar-refractivity contribution in [2.75, 3.05) is 31.6 Å². The molecular weight excluding hydrogens is 376 g/mol. The number of thiophene rings is 1. The number of hydrogen-bond donors (Lipinski definition) is 1. The van der Waals surface area contributed by atoms with Crippen LogP contribution in [-0.2, 0) is 27.2 Å². The second-order valence-corrected chi connectivity index (χ2v) is 8.55. The number of piperidine rings is 1. The fourth-order valence-electron chi connectivity index (χ4n) is 4.20. The molecule has 1 aliphatic carbocycles. The summed E-state index contributed by atoms with van der Waals surface area (Å²) in [4.78, 5) is 37.6. The number of esters is 1. The van der Waals surface area contributed by atoms with E-state index < -0.39 is 0 Å². The highest BCUT2D eigenvalue weighted by molar-refractivity contribution is 7.19. The molecule has 2 aliphatic rings. The molecule has 150 valence electrons. The van der Waals surface area contributed by atoms with Crippen molar-refractivity contribution in [2.45, 2.75) is 44.9 Å². The van der Waals surface area contributed by atoms with Gasteiger partial charge in [-0.15, -0.1) is 11.3 Å². The number of amides is 1. The third-order valence-electron chi connectivity index (χ3n) is 5.75. The van der Waals surface area contributed by atoms with Crippen LogP contribution in [0.1, 0.15) is 42.5 Å². The molecule has 7 nitrogen and oxygen atoms in total. The van der Waals surface area contributed by atoms with Crippen LogP contribution in [0.5, 0.6) is 0 Å². The maximum Gasteiger partial charge on any atom is 0.307 e. The summed E-state index contributed by atoms with van der Waals surface area (Å²) < 4.78 is 4.60. The van der Waals surface area contributed by atoms with Gasteiger partial charge in [0.25, 0.3) is 0 Å². The summed E-state index contributed by atoms with van der Waals surface area (Å²) in [6.45, 7) is 1.96. The number of nitrogens with zero attached hydrogens (tertiary/aromatic N) is 3. The van der Waals surface area contributed by atoms with Gasteiger partial charge in [0.05, 0.1) is 18.9 Å². The molecule has 0 atom stereocenters. The van der Waals surface area contributed by atoms with E-state index in [2.05, 4.69) is 24.9 Å². The third kappa shape index (κ3) is 3.83. The van der Waals surface area contributed by atoms with Crippen LogP contribution in [0.2, 0.25) is 0 Å². The zero-order valence-electron chi connectivity index (χ0n) is 16.2. The summed E-state index contributed by atoms with van der Waals surface area (Å²) in [5.74, 6) is 0.753. The summed E-state index contributed by atoms with van der Waals surface area (Å²) in [6, 6.07) is 0. The third-order valence-corrected chi connectivity index (χ3v) is 6.95. The van der Waals surface area contributed by atoms with Crippen LogP contribution in [0, 0.1) is 5.92 Å². The van der Waals surface area contributed by atoms with Crippen LogP contribution in [-0.4, -0.2) is 48.6 Å². The smallest absolute Gasteiger partial charge is 0.307 e. The largest absolute Gasteiger partial charge is 0.469 e. The van der Waals surface area contributed by atoms with E-state index in [1.807, 2.05) is 11.3 Å². The van der Waals surface area contributed by atoms with Gasteiger partial charge >= 0.3 is 5.97 Å². The van der Waals surface area contributed by atoms with Crippen LogP contribution in [0.15, 0.2) is 6.33 Å². The molecule has 2 aromatic heterocycles. The van der Waals surface area contributed by atoms with Gasteiger partial charge in [-0.05, 0) is 44.1 Å². The summed E-state index contributed by atoms with van der Waals surface area (Å²) in [7, 11) is 1.36. The second-order valence-electron chi connectivity index (χ2n) is 7.47. The summed E-state index contributed by atoms with van der Waals surface area (Å²) in [5.41, 5.74) is 1.45. The predicted octanol–water partition coefficient (Wildman–Crippen LogP) is 2.47. The fourth-order valence-corrected chi connectivity index (χ4v) is 5.42.